The number of thiazole rings is 1. The van der Waals surface area contributed by atoms with E-state index in [9.17, 15) is 4.79 Å². The zero-order valence-electron chi connectivity index (χ0n) is 13.9. The number of nitrogens with one attached hydrogen (secondary N) is 2. The minimum absolute atomic E-state index is 0.245. The van der Waals surface area contributed by atoms with E-state index in [4.69, 9.17) is 4.74 Å². The molecule has 4 rings (SSSR count). The van der Waals surface area contributed by atoms with E-state index in [1.807, 2.05) is 0 Å². The molecule has 0 aliphatic heterocycles. The van der Waals surface area contributed by atoms with Crippen molar-refractivity contribution >= 4 is 34.1 Å². The molecule has 2 N–H and O–H groups in total. The summed E-state index contributed by atoms with van der Waals surface area (Å²) in [5.74, 6) is 0.245. The molecule has 0 spiro atoms. The number of methoxy groups -OCH3 is 1. The fourth-order valence-electron chi connectivity index (χ4n) is 3.24. The van der Waals surface area contributed by atoms with Crippen molar-refractivity contribution in [1.29, 1.82) is 0 Å². The molecule has 1 aliphatic rings. The number of hydrogen-bond donors (Lipinski definition) is 2. The smallest absolute Gasteiger partial charge is 0.437 e. The van der Waals surface area contributed by atoms with E-state index in [1.54, 1.807) is 5.38 Å². The van der Waals surface area contributed by atoms with Gasteiger partial charge in [-0.25, -0.2) is 4.79 Å². The zero-order chi connectivity index (χ0) is 17.2. The lowest BCUT2D eigenvalue weighted by atomic mass is 10.2. The van der Waals surface area contributed by atoms with Gasteiger partial charge in [-0.1, -0.05) is 25.0 Å². The van der Waals surface area contributed by atoms with E-state index < -0.39 is 6.16 Å². The van der Waals surface area contributed by atoms with Gasteiger partial charge in [-0.05, 0) is 25.0 Å². The molecule has 0 atom stereocenters. The molecule has 0 unspecified atom stereocenters. The maximum absolute atomic E-state index is 11.2. The number of fused-ring (bicyclic) bond motifs is 1. The Morgan fingerprint density at radius 2 is 2.20 bits per heavy atom. The monoisotopic (exact) mass is 357 g/mol. The summed E-state index contributed by atoms with van der Waals surface area (Å²) < 4.78 is 9.45. The fourth-order valence-corrected chi connectivity index (χ4v) is 3.93. The van der Waals surface area contributed by atoms with Gasteiger partial charge in [0.2, 0.25) is 5.88 Å². The maximum Gasteiger partial charge on any atom is 0.514 e. The largest absolute Gasteiger partial charge is 0.514 e. The average Bonchev–Trinajstić information content (AvgIpc) is 3.35. The summed E-state index contributed by atoms with van der Waals surface area (Å²) in [6.07, 6.45) is 4.28. The first-order valence-electron chi connectivity index (χ1n) is 8.33. The summed E-state index contributed by atoms with van der Waals surface area (Å²) in [5.41, 5.74) is 3.11. The highest BCUT2D eigenvalue weighted by Crippen LogP contribution is 2.33. The van der Waals surface area contributed by atoms with Crippen LogP contribution in [0.5, 0.6) is 5.88 Å². The Bertz CT molecular complexity index is 896. The van der Waals surface area contributed by atoms with E-state index in [2.05, 4.69) is 44.3 Å². The minimum atomic E-state index is -0.767. The van der Waals surface area contributed by atoms with Crippen molar-refractivity contribution in [2.24, 2.45) is 0 Å². The van der Waals surface area contributed by atoms with Crippen molar-refractivity contribution < 1.29 is 14.3 Å². The van der Waals surface area contributed by atoms with Crippen LogP contribution in [-0.4, -0.2) is 29.3 Å². The van der Waals surface area contributed by atoms with Crippen molar-refractivity contribution in [3.05, 3.63) is 29.6 Å². The highest BCUT2D eigenvalue weighted by Gasteiger charge is 2.17. The third-order valence-corrected chi connectivity index (χ3v) is 5.29. The molecule has 0 bridgehead atoms. The number of H-pyrrole nitrogens is 1. The van der Waals surface area contributed by atoms with Gasteiger partial charge in [0.25, 0.3) is 0 Å². The van der Waals surface area contributed by atoms with Crippen molar-refractivity contribution in [1.82, 2.24) is 9.97 Å². The van der Waals surface area contributed by atoms with Crippen molar-refractivity contribution in [3.63, 3.8) is 0 Å². The molecule has 25 heavy (non-hydrogen) atoms. The molecule has 0 amide bonds. The van der Waals surface area contributed by atoms with E-state index in [0.717, 1.165) is 27.3 Å². The molecule has 0 saturated heterocycles. The van der Waals surface area contributed by atoms with Crippen LogP contribution in [0.25, 0.3) is 21.6 Å². The second kappa shape index (κ2) is 6.76. The van der Waals surface area contributed by atoms with Crippen LogP contribution in [0.1, 0.15) is 25.7 Å². The number of carbonyl (C=O) groups excluding carboxylic acids is 1. The molecule has 3 aromatic rings. The molecule has 6 nitrogen and oxygen atoms in total. The molecule has 7 heteroatoms. The van der Waals surface area contributed by atoms with Crippen LogP contribution in [0.4, 0.5) is 10.5 Å². The van der Waals surface area contributed by atoms with Gasteiger partial charge in [0.15, 0.2) is 0 Å². The SMILES string of the molecule is COC(=O)Oc1csc(-c2cc3cccc(NC4CCCC4)c3[nH]2)n1. The first kappa shape index (κ1) is 16.0. The minimum Gasteiger partial charge on any atom is -0.437 e. The standard InChI is InChI=1S/C18H19N3O3S/c1-23-18(22)24-15-10-25-17(21-15)14-9-11-5-4-8-13(16(11)20-14)19-12-6-2-3-7-12/h4-5,8-10,12,19-20H,2-3,6-7H2,1H3. The van der Waals surface area contributed by atoms with Crippen LogP contribution in [-0.2, 0) is 4.74 Å². The normalized spacial score (nSPS) is 14.8. The predicted molar refractivity (Wildman–Crippen MR) is 98.3 cm³/mol. The third-order valence-electron chi connectivity index (χ3n) is 4.44. The second-order valence-electron chi connectivity index (χ2n) is 6.13. The highest BCUT2D eigenvalue weighted by molar-refractivity contribution is 7.13. The molecular weight excluding hydrogens is 338 g/mol. The van der Waals surface area contributed by atoms with Gasteiger partial charge in [0.05, 0.1) is 29.4 Å². The molecule has 2 aromatic heterocycles. The van der Waals surface area contributed by atoms with Crippen molar-refractivity contribution in [2.45, 2.75) is 31.7 Å². The van der Waals surface area contributed by atoms with Crippen molar-refractivity contribution in [3.8, 4) is 16.6 Å². The number of hydrogen-bond acceptors (Lipinski definition) is 6. The van der Waals surface area contributed by atoms with Gasteiger partial charge in [0, 0.05) is 11.4 Å². The topological polar surface area (TPSA) is 76.2 Å². The summed E-state index contributed by atoms with van der Waals surface area (Å²) in [4.78, 5) is 19.0. The lowest BCUT2D eigenvalue weighted by molar-refractivity contribution is 0.120. The van der Waals surface area contributed by atoms with Crippen LogP contribution >= 0.6 is 11.3 Å². The number of benzene rings is 1. The molecule has 130 valence electrons. The number of ether oxygens (including phenoxy) is 2. The van der Waals surface area contributed by atoms with Crippen LogP contribution in [0.2, 0.25) is 0 Å². The lowest BCUT2D eigenvalue weighted by Gasteiger charge is -2.14. The Morgan fingerprint density at radius 1 is 1.36 bits per heavy atom. The Kier molecular flexibility index (Phi) is 4.31. The maximum atomic E-state index is 11.2. The van der Waals surface area contributed by atoms with Crippen molar-refractivity contribution in [2.75, 3.05) is 12.4 Å². The third kappa shape index (κ3) is 3.32. The lowest BCUT2D eigenvalue weighted by Crippen LogP contribution is -2.14. The molecule has 2 heterocycles. The van der Waals surface area contributed by atoms with Crippen LogP contribution in [0.3, 0.4) is 0 Å². The second-order valence-corrected chi connectivity index (χ2v) is 6.98. The number of rotatable bonds is 4. The van der Waals surface area contributed by atoms with E-state index >= 15 is 0 Å². The van der Waals surface area contributed by atoms with E-state index in [0.29, 0.717) is 6.04 Å². The van der Waals surface area contributed by atoms with Crippen LogP contribution < -0.4 is 10.1 Å². The summed E-state index contributed by atoms with van der Waals surface area (Å²) in [6, 6.07) is 8.86. The molecule has 0 radical (unpaired) electrons. The molecule has 1 aliphatic carbocycles. The fraction of sp³-hybridized carbons (Fsp3) is 0.333. The van der Waals surface area contributed by atoms with Gasteiger partial charge >= 0.3 is 6.16 Å². The zero-order valence-corrected chi connectivity index (χ0v) is 14.7. The number of para-hydroxylation sites is 1. The molecular formula is C18H19N3O3S. The predicted octanol–water partition coefficient (Wildman–Crippen LogP) is 4.79. The number of nitrogens with zero attached hydrogens (tertiary/aromatic N) is 1. The van der Waals surface area contributed by atoms with Gasteiger partial charge in [-0.3, -0.25) is 0 Å². The number of anilines is 1. The first-order chi connectivity index (χ1) is 12.2. The number of carbonyl (C=O) groups is 1. The van der Waals surface area contributed by atoms with E-state index in [1.165, 1.54) is 44.1 Å². The summed E-state index contributed by atoms with van der Waals surface area (Å²) in [5, 5.41) is 7.24. The van der Waals surface area contributed by atoms with Gasteiger partial charge in [-0.15, -0.1) is 11.3 Å². The summed E-state index contributed by atoms with van der Waals surface area (Å²) in [7, 11) is 1.27. The Balaban J connectivity index is 1.61. The van der Waals surface area contributed by atoms with Gasteiger partial charge in [0.1, 0.15) is 5.01 Å². The number of aromatic amines is 1. The quantitative estimate of drug-likeness (QED) is 0.657. The molecule has 1 saturated carbocycles. The van der Waals surface area contributed by atoms with Crippen LogP contribution in [0, 0.1) is 0 Å². The average molecular weight is 357 g/mol. The van der Waals surface area contributed by atoms with E-state index in [-0.39, 0.29) is 5.88 Å². The molecule has 1 fully saturated rings. The summed E-state index contributed by atoms with van der Waals surface area (Å²) in [6.45, 7) is 0. The molecule has 1 aromatic carbocycles. The Labute approximate surface area is 149 Å². The first-order valence-corrected chi connectivity index (χ1v) is 9.21. The van der Waals surface area contributed by atoms with Crippen LogP contribution in [0.15, 0.2) is 29.6 Å². The Morgan fingerprint density at radius 3 is 3.00 bits per heavy atom. The highest BCUT2D eigenvalue weighted by atomic mass is 32.1. The summed E-state index contributed by atoms with van der Waals surface area (Å²) >= 11 is 1.41. The Hall–Kier alpha value is -2.54. The van der Waals surface area contributed by atoms with Gasteiger partial charge in [-0.2, -0.15) is 4.98 Å². The van der Waals surface area contributed by atoms with Gasteiger partial charge < -0.3 is 19.8 Å². The number of aromatic nitrogens is 2.